The van der Waals surface area contributed by atoms with Gasteiger partial charge in [0.25, 0.3) is 5.91 Å². The minimum absolute atomic E-state index is 0.270. The zero-order valence-corrected chi connectivity index (χ0v) is 17.8. The molecule has 0 spiro atoms. The van der Waals surface area contributed by atoms with E-state index in [9.17, 15) is 9.18 Å². The van der Waals surface area contributed by atoms with E-state index in [1.54, 1.807) is 11.0 Å². The highest BCUT2D eigenvalue weighted by atomic mass is 35.5. The second kappa shape index (κ2) is 8.16. The van der Waals surface area contributed by atoms with Crippen LogP contribution in [0.25, 0.3) is 17.1 Å². The summed E-state index contributed by atoms with van der Waals surface area (Å²) >= 11 is 6.22. The van der Waals surface area contributed by atoms with E-state index in [0.717, 1.165) is 17.5 Å². The molecule has 0 bridgehead atoms. The normalized spacial score (nSPS) is 16.0. The Morgan fingerprint density at radius 1 is 1.22 bits per heavy atom. The molecule has 10 heteroatoms. The van der Waals surface area contributed by atoms with Crippen molar-refractivity contribution in [3.8, 4) is 17.1 Å². The van der Waals surface area contributed by atoms with Crippen molar-refractivity contribution in [2.75, 3.05) is 6.54 Å². The van der Waals surface area contributed by atoms with E-state index in [0.29, 0.717) is 35.3 Å². The number of hydrogen-bond acceptors (Lipinski definition) is 6. The Kier molecular flexibility index (Phi) is 5.18. The molecule has 1 aliphatic heterocycles. The summed E-state index contributed by atoms with van der Waals surface area (Å²) in [5, 5.41) is 12.8. The highest BCUT2D eigenvalue weighted by Crippen LogP contribution is 2.35. The number of carbonyl (C=O) groups excluding carboxylic acids is 1. The molecule has 4 aromatic rings. The summed E-state index contributed by atoms with van der Waals surface area (Å²) in [5.74, 6) is 0.0114. The Labute approximate surface area is 187 Å². The van der Waals surface area contributed by atoms with Gasteiger partial charge in [-0.15, -0.1) is 0 Å². The third-order valence-corrected chi connectivity index (χ3v) is 5.98. The van der Waals surface area contributed by atoms with Crippen LogP contribution >= 0.6 is 11.6 Å². The van der Waals surface area contributed by atoms with Crippen LogP contribution in [0.4, 0.5) is 4.39 Å². The summed E-state index contributed by atoms with van der Waals surface area (Å²) in [6.07, 6.45) is 4.39. The maximum atomic E-state index is 13.9. The first kappa shape index (κ1) is 20.3. The molecule has 32 heavy (non-hydrogen) atoms. The van der Waals surface area contributed by atoms with E-state index in [-0.39, 0.29) is 17.6 Å². The first-order chi connectivity index (χ1) is 15.5. The molecule has 2 aromatic carbocycles. The number of hydrogen-bond donors (Lipinski definition) is 0. The van der Waals surface area contributed by atoms with Crippen LogP contribution in [0.2, 0.25) is 5.02 Å². The second-order valence-corrected chi connectivity index (χ2v) is 7.91. The molecule has 5 rings (SSSR count). The van der Waals surface area contributed by atoms with Crippen molar-refractivity contribution in [2.45, 2.75) is 25.8 Å². The Hall–Kier alpha value is -3.59. The number of benzene rings is 2. The average Bonchev–Trinajstić information content (AvgIpc) is 3.55. The topological polar surface area (TPSA) is 89.9 Å². The van der Waals surface area contributed by atoms with Gasteiger partial charge in [-0.3, -0.25) is 4.79 Å². The molecule has 1 unspecified atom stereocenters. The zero-order chi connectivity index (χ0) is 22.2. The fourth-order valence-electron chi connectivity index (χ4n) is 3.94. The number of carbonyl (C=O) groups is 1. The lowest BCUT2D eigenvalue weighted by atomic mass is 10.1. The van der Waals surface area contributed by atoms with Gasteiger partial charge >= 0.3 is 0 Å². The van der Waals surface area contributed by atoms with Gasteiger partial charge in [-0.05, 0) is 43.5 Å². The quantitative estimate of drug-likeness (QED) is 0.456. The monoisotopic (exact) mass is 452 g/mol. The van der Waals surface area contributed by atoms with E-state index in [1.807, 2.05) is 19.1 Å². The van der Waals surface area contributed by atoms with Gasteiger partial charge in [-0.1, -0.05) is 28.9 Å². The number of rotatable bonds is 4. The van der Waals surface area contributed by atoms with Crippen LogP contribution in [0.5, 0.6) is 0 Å². The first-order valence-corrected chi connectivity index (χ1v) is 10.5. The largest absolute Gasteiger partial charge is 0.337 e. The molecule has 3 heterocycles. The number of likely N-dealkylation sites (tertiary alicyclic amines) is 1. The lowest BCUT2D eigenvalue weighted by Crippen LogP contribution is -2.31. The summed E-state index contributed by atoms with van der Waals surface area (Å²) in [7, 11) is 0. The number of halogens is 2. The molecule has 1 fully saturated rings. The van der Waals surface area contributed by atoms with Crippen molar-refractivity contribution < 1.29 is 13.7 Å². The molecule has 8 nitrogen and oxygen atoms in total. The van der Waals surface area contributed by atoms with Crippen molar-refractivity contribution in [3.05, 3.63) is 76.6 Å². The van der Waals surface area contributed by atoms with E-state index in [1.165, 1.54) is 35.4 Å². The van der Waals surface area contributed by atoms with Crippen LogP contribution in [0, 0.1) is 12.7 Å². The summed E-state index contributed by atoms with van der Waals surface area (Å²) in [4.78, 5) is 20.9. The van der Waals surface area contributed by atoms with Crippen LogP contribution in [-0.4, -0.2) is 42.5 Å². The predicted octanol–water partition coefficient (Wildman–Crippen LogP) is 4.40. The van der Waals surface area contributed by atoms with Gasteiger partial charge in [-0.25, -0.2) is 4.39 Å². The maximum Gasteiger partial charge on any atom is 0.256 e. The lowest BCUT2D eigenvalue weighted by Gasteiger charge is -2.23. The van der Waals surface area contributed by atoms with Gasteiger partial charge in [0, 0.05) is 23.2 Å². The highest BCUT2D eigenvalue weighted by molar-refractivity contribution is 6.31. The fraction of sp³-hybridized carbons (Fsp3) is 0.227. The summed E-state index contributed by atoms with van der Waals surface area (Å²) in [6.45, 7) is 2.40. The van der Waals surface area contributed by atoms with Crippen molar-refractivity contribution >= 4 is 17.5 Å². The zero-order valence-electron chi connectivity index (χ0n) is 17.1. The number of nitrogens with zero attached hydrogens (tertiary/aromatic N) is 6. The Morgan fingerprint density at radius 2 is 2.03 bits per heavy atom. The van der Waals surface area contributed by atoms with E-state index in [2.05, 4.69) is 20.3 Å². The van der Waals surface area contributed by atoms with Crippen LogP contribution in [0.3, 0.4) is 0 Å². The summed E-state index contributed by atoms with van der Waals surface area (Å²) in [5.41, 5.74) is 2.18. The molecule has 1 aliphatic rings. The SMILES string of the molecule is Cc1c(Cl)cccc1-c1noc(C2CCCN2C(=O)c2ccc(F)cc2-n2nccn2)n1. The Balaban J connectivity index is 1.47. The van der Waals surface area contributed by atoms with Crippen LogP contribution < -0.4 is 0 Å². The van der Waals surface area contributed by atoms with Crippen molar-refractivity contribution in [2.24, 2.45) is 0 Å². The van der Waals surface area contributed by atoms with Crippen molar-refractivity contribution in [3.63, 3.8) is 0 Å². The van der Waals surface area contributed by atoms with E-state index >= 15 is 0 Å². The molecule has 1 saturated heterocycles. The molecule has 1 amide bonds. The third-order valence-electron chi connectivity index (χ3n) is 5.57. The molecule has 0 saturated carbocycles. The smallest absolute Gasteiger partial charge is 0.256 e. The molecular weight excluding hydrogens is 435 g/mol. The van der Waals surface area contributed by atoms with Crippen molar-refractivity contribution in [1.82, 2.24) is 30.0 Å². The Morgan fingerprint density at radius 3 is 2.84 bits per heavy atom. The van der Waals surface area contributed by atoms with Gasteiger partial charge in [-0.2, -0.15) is 20.0 Å². The molecule has 1 atom stereocenters. The predicted molar refractivity (Wildman–Crippen MR) is 114 cm³/mol. The number of aromatic nitrogens is 5. The third kappa shape index (κ3) is 3.54. The summed E-state index contributed by atoms with van der Waals surface area (Å²) in [6, 6.07) is 9.05. The van der Waals surface area contributed by atoms with E-state index < -0.39 is 5.82 Å². The molecular formula is C22H18ClFN6O2. The van der Waals surface area contributed by atoms with Gasteiger partial charge in [0.2, 0.25) is 11.7 Å². The van der Waals surface area contributed by atoms with Crippen LogP contribution in [-0.2, 0) is 0 Å². The van der Waals surface area contributed by atoms with Gasteiger partial charge in [0.05, 0.1) is 18.0 Å². The highest BCUT2D eigenvalue weighted by Gasteiger charge is 2.36. The lowest BCUT2D eigenvalue weighted by molar-refractivity contribution is 0.0709. The first-order valence-electron chi connectivity index (χ1n) is 10.1. The Bertz CT molecular complexity index is 1290. The van der Waals surface area contributed by atoms with Crippen LogP contribution in [0.15, 0.2) is 53.3 Å². The van der Waals surface area contributed by atoms with Gasteiger partial charge in [0.1, 0.15) is 17.5 Å². The minimum atomic E-state index is -0.481. The van der Waals surface area contributed by atoms with Gasteiger partial charge in [0.15, 0.2) is 0 Å². The summed E-state index contributed by atoms with van der Waals surface area (Å²) < 4.78 is 19.5. The molecule has 2 aromatic heterocycles. The fourth-order valence-corrected chi connectivity index (χ4v) is 4.12. The second-order valence-electron chi connectivity index (χ2n) is 7.51. The van der Waals surface area contributed by atoms with E-state index in [4.69, 9.17) is 16.1 Å². The van der Waals surface area contributed by atoms with Crippen LogP contribution in [0.1, 0.15) is 40.7 Å². The standard InChI is InChI=1S/C22H18ClFN6O2/c1-13-15(4-2-5-17(13)23)20-27-21(32-28-20)18-6-3-11-29(18)22(31)16-8-7-14(24)12-19(16)30-25-9-10-26-30/h2,4-5,7-10,12,18H,3,6,11H2,1H3. The maximum absolute atomic E-state index is 13.9. The molecule has 162 valence electrons. The average molecular weight is 453 g/mol. The molecule has 0 radical (unpaired) electrons. The number of amides is 1. The molecule has 0 aliphatic carbocycles. The van der Waals surface area contributed by atoms with Crippen molar-refractivity contribution in [1.29, 1.82) is 0 Å². The minimum Gasteiger partial charge on any atom is -0.337 e. The molecule has 0 N–H and O–H groups in total. The van der Waals surface area contributed by atoms with Gasteiger partial charge < -0.3 is 9.42 Å².